The van der Waals surface area contributed by atoms with Crippen molar-refractivity contribution in [3.8, 4) is 0 Å². The zero-order valence-electron chi connectivity index (χ0n) is 15.2. The van der Waals surface area contributed by atoms with Gasteiger partial charge in [0.05, 0.1) is 5.92 Å². The molecule has 2 nitrogen and oxygen atoms in total. The lowest BCUT2D eigenvalue weighted by atomic mass is 9.78. The minimum Gasteiger partial charge on any atom is -0.380 e. The largest absolute Gasteiger partial charge is 0.380 e. The number of ketones is 1. The molecule has 2 unspecified atom stereocenters. The zero-order chi connectivity index (χ0) is 19.9. The van der Waals surface area contributed by atoms with Crippen LogP contribution in [0.3, 0.4) is 0 Å². The second kappa shape index (κ2) is 7.21. The van der Waals surface area contributed by atoms with Crippen LogP contribution in [0.15, 0.2) is 78.9 Å². The third kappa shape index (κ3) is 2.98. The van der Waals surface area contributed by atoms with Crippen LogP contribution < -0.4 is 0 Å². The van der Waals surface area contributed by atoms with E-state index in [-0.39, 0.29) is 5.78 Å². The molecule has 140 valence electrons. The van der Waals surface area contributed by atoms with Crippen molar-refractivity contribution in [1.82, 2.24) is 0 Å². The normalized spacial score (nSPS) is 22.0. The van der Waals surface area contributed by atoms with E-state index in [1.54, 1.807) is 43.3 Å². The third-order valence-corrected chi connectivity index (χ3v) is 5.88. The second-order valence-electron chi connectivity index (χ2n) is 6.98. The number of Topliss-reactive ketones (excluding diaryl/α,β-unsaturated/α-hetero) is 1. The molecule has 0 bridgehead atoms. The summed E-state index contributed by atoms with van der Waals surface area (Å²) in [5.74, 6) is -0.733. The monoisotopic (exact) mass is 408 g/mol. The van der Waals surface area contributed by atoms with Crippen molar-refractivity contribution in [1.29, 1.82) is 0 Å². The topological polar surface area (TPSA) is 37.3 Å². The number of hydrogen-bond acceptors (Lipinski definition) is 2. The Bertz CT molecular complexity index is 1050. The molecule has 2 atom stereocenters. The van der Waals surface area contributed by atoms with E-state index in [2.05, 4.69) is 0 Å². The number of carbonyl (C=O) groups is 1. The zero-order valence-corrected chi connectivity index (χ0v) is 16.7. The van der Waals surface area contributed by atoms with Crippen molar-refractivity contribution in [2.75, 3.05) is 0 Å². The van der Waals surface area contributed by atoms with E-state index < -0.39 is 11.5 Å². The molecule has 4 rings (SSSR count). The van der Waals surface area contributed by atoms with Gasteiger partial charge >= 0.3 is 0 Å². The van der Waals surface area contributed by atoms with Gasteiger partial charge in [-0.3, -0.25) is 4.79 Å². The summed E-state index contributed by atoms with van der Waals surface area (Å²) >= 11 is 12.1. The van der Waals surface area contributed by atoms with E-state index >= 15 is 0 Å². The Morgan fingerprint density at radius 3 is 1.89 bits per heavy atom. The van der Waals surface area contributed by atoms with Crippen molar-refractivity contribution < 1.29 is 9.90 Å². The first-order valence-corrected chi connectivity index (χ1v) is 9.77. The molecule has 1 N–H and O–H groups in total. The first-order valence-electron chi connectivity index (χ1n) is 9.01. The van der Waals surface area contributed by atoms with Crippen LogP contribution in [0.5, 0.6) is 0 Å². The highest BCUT2D eigenvalue weighted by molar-refractivity contribution is 6.34. The van der Waals surface area contributed by atoms with Gasteiger partial charge in [0, 0.05) is 21.2 Å². The predicted molar refractivity (Wildman–Crippen MR) is 114 cm³/mol. The Balaban J connectivity index is 2.04. The number of hydrogen-bond donors (Lipinski definition) is 1. The van der Waals surface area contributed by atoms with Gasteiger partial charge in [-0.25, -0.2) is 0 Å². The molecular formula is C24H18Cl2O2. The fourth-order valence-electron chi connectivity index (χ4n) is 3.91. The summed E-state index contributed by atoms with van der Waals surface area (Å²) in [5, 5.41) is 13.1. The molecule has 0 aromatic heterocycles. The molecule has 0 fully saturated rings. The van der Waals surface area contributed by atoms with Crippen LogP contribution >= 0.6 is 23.2 Å². The maximum absolute atomic E-state index is 13.3. The molecule has 3 aromatic carbocycles. The summed E-state index contributed by atoms with van der Waals surface area (Å²) in [6.45, 7) is 1.77. The Hall–Kier alpha value is -2.39. The Morgan fingerprint density at radius 2 is 1.32 bits per heavy atom. The molecule has 0 heterocycles. The number of benzene rings is 3. The maximum atomic E-state index is 13.3. The summed E-state index contributed by atoms with van der Waals surface area (Å²) < 4.78 is 0. The summed E-state index contributed by atoms with van der Waals surface area (Å²) in [6.07, 6.45) is 0. The number of carbonyl (C=O) groups excluding carboxylic acids is 1. The molecule has 1 aliphatic carbocycles. The highest BCUT2D eigenvalue weighted by Gasteiger charge is 2.52. The molecule has 0 aliphatic heterocycles. The molecule has 1 aliphatic rings. The number of halogens is 2. The van der Waals surface area contributed by atoms with Gasteiger partial charge in [-0.1, -0.05) is 84.7 Å². The maximum Gasteiger partial charge on any atom is 0.170 e. The van der Waals surface area contributed by atoms with E-state index in [4.69, 9.17) is 23.2 Å². The number of rotatable bonds is 3. The van der Waals surface area contributed by atoms with Crippen LogP contribution in [0.25, 0.3) is 11.1 Å². The molecule has 3 aromatic rings. The Labute approximate surface area is 174 Å². The van der Waals surface area contributed by atoms with Gasteiger partial charge in [-0.2, -0.15) is 0 Å². The minimum atomic E-state index is -1.47. The average molecular weight is 409 g/mol. The van der Waals surface area contributed by atoms with E-state index in [0.717, 1.165) is 11.1 Å². The minimum absolute atomic E-state index is 0.0893. The standard InChI is InChI=1S/C24H18Cl2O2/c1-15-23(27)21(16-5-3-2-4-6-16)22(17-7-11-19(25)12-8-17)24(15,28)18-9-13-20(26)14-10-18/h2-15,28H,1H3. The van der Waals surface area contributed by atoms with Gasteiger partial charge in [-0.05, 0) is 41.0 Å². The summed E-state index contributed by atoms with van der Waals surface area (Å²) in [7, 11) is 0. The fourth-order valence-corrected chi connectivity index (χ4v) is 4.16. The lowest BCUT2D eigenvalue weighted by Crippen LogP contribution is -2.33. The van der Waals surface area contributed by atoms with Crippen LogP contribution in [0.2, 0.25) is 10.0 Å². The second-order valence-corrected chi connectivity index (χ2v) is 7.86. The van der Waals surface area contributed by atoms with E-state index in [9.17, 15) is 9.90 Å². The van der Waals surface area contributed by atoms with Gasteiger partial charge in [0.1, 0.15) is 5.60 Å². The van der Waals surface area contributed by atoms with Gasteiger partial charge in [-0.15, -0.1) is 0 Å². The average Bonchev–Trinajstić information content (AvgIpc) is 2.92. The van der Waals surface area contributed by atoms with Gasteiger partial charge in [0.2, 0.25) is 0 Å². The molecular weight excluding hydrogens is 391 g/mol. The van der Waals surface area contributed by atoms with Gasteiger partial charge in [0.15, 0.2) is 5.78 Å². The van der Waals surface area contributed by atoms with E-state index in [0.29, 0.717) is 26.8 Å². The quantitative estimate of drug-likeness (QED) is 0.575. The third-order valence-electron chi connectivity index (χ3n) is 5.38. The SMILES string of the molecule is CC1C(=O)C(c2ccccc2)=C(c2ccc(Cl)cc2)C1(O)c1ccc(Cl)cc1. The summed E-state index contributed by atoms with van der Waals surface area (Å²) in [4.78, 5) is 13.3. The van der Waals surface area contributed by atoms with Crippen LogP contribution in [0, 0.1) is 5.92 Å². The highest BCUT2D eigenvalue weighted by Crippen LogP contribution is 2.53. The van der Waals surface area contributed by atoms with Crippen LogP contribution in [-0.2, 0) is 10.4 Å². The fraction of sp³-hybridized carbons (Fsp3) is 0.125. The lowest BCUT2D eigenvalue weighted by molar-refractivity contribution is -0.121. The molecule has 0 spiro atoms. The van der Waals surface area contributed by atoms with Crippen LogP contribution in [0.4, 0.5) is 0 Å². The molecule has 0 amide bonds. The molecule has 0 saturated carbocycles. The molecule has 28 heavy (non-hydrogen) atoms. The van der Waals surface area contributed by atoms with Crippen molar-refractivity contribution in [2.45, 2.75) is 12.5 Å². The smallest absolute Gasteiger partial charge is 0.170 e. The first-order chi connectivity index (χ1) is 13.4. The van der Waals surface area contributed by atoms with Crippen LogP contribution in [0.1, 0.15) is 23.6 Å². The lowest BCUT2D eigenvalue weighted by Gasteiger charge is -2.31. The van der Waals surface area contributed by atoms with Gasteiger partial charge < -0.3 is 5.11 Å². The predicted octanol–water partition coefficient (Wildman–Crippen LogP) is 6.01. The van der Waals surface area contributed by atoms with Gasteiger partial charge in [0.25, 0.3) is 0 Å². The summed E-state index contributed by atoms with van der Waals surface area (Å²) in [5.41, 5.74) is 1.84. The Morgan fingerprint density at radius 1 is 0.786 bits per heavy atom. The number of allylic oxidation sites excluding steroid dienone is 1. The molecule has 0 saturated heterocycles. The van der Waals surface area contributed by atoms with Crippen molar-refractivity contribution in [2.24, 2.45) is 5.92 Å². The van der Waals surface area contributed by atoms with E-state index in [1.165, 1.54) is 0 Å². The first kappa shape index (κ1) is 18.9. The molecule has 0 radical (unpaired) electrons. The van der Waals surface area contributed by atoms with Crippen LogP contribution in [-0.4, -0.2) is 10.9 Å². The summed E-state index contributed by atoms with van der Waals surface area (Å²) in [6, 6.07) is 23.7. The number of aliphatic hydroxyl groups is 1. The van der Waals surface area contributed by atoms with Crippen molar-refractivity contribution >= 4 is 40.1 Å². The van der Waals surface area contributed by atoms with E-state index in [1.807, 2.05) is 42.5 Å². The Kier molecular flexibility index (Phi) is 4.88. The van der Waals surface area contributed by atoms with Crippen molar-refractivity contribution in [3.63, 3.8) is 0 Å². The molecule has 4 heteroatoms. The van der Waals surface area contributed by atoms with Crippen molar-refractivity contribution in [3.05, 3.63) is 106 Å². The highest BCUT2D eigenvalue weighted by atomic mass is 35.5.